The molecule has 1 aromatic carbocycles. The number of para-hydroxylation sites is 1. The van der Waals surface area contributed by atoms with Gasteiger partial charge in [-0.25, -0.2) is 5.01 Å². The molecule has 1 amide bonds. The molecule has 0 fully saturated rings. The van der Waals surface area contributed by atoms with Crippen molar-refractivity contribution < 1.29 is 14.7 Å². The molecule has 1 aromatic rings. The van der Waals surface area contributed by atoms with E-state index in [1.807, 2.05) is 0 Å². The van der Waals surface area contributed by atoms with Crippen molar-refractivity contribution in [1.82, 2.24) is 0 Å². The topological polar surface area (TPSA) is 72.8 Å². The molecule has 1 heterocycles. The van der Waals surface area contributed by atoms with E-state index in [0.717, 1.165) is 5.01 Å². The molecule has 5 nitrogen and oxygen atoms in total. The lowest BCUT2D eigenvalue weighted by Gasteiger charge is -2.23. The minimum atomic E-state index is -1.33. The Balaban J connectivity index is 2.35. The molecule has 0 bridgehead atoms. The van der Waals surface area contributed by atoms with Crippen LogP contribution in [0.3, 0.4) is 0 Å². The smallest absolute Gasteiger partial charge is 0.247 e. The van der Waals surface area contributed by atoms with Crippen LogP contribution in [0, 0.1) is 0 Å². The number of carboxylic acids is 1. The van der Waals surface area contributed by atoms with E-state index >= 15 is 0 Å². The van der Waals surface area contributed by atoms with E-state index < -0.39 is 5.97 Å². The number of rotatable bonds is 2. The fourth-order valence-corrected chi connectivity index (χ4v) is 1.47. The van der Waals surface area contributed by atoms with Crippen molar-refractivity contribution in [2.45, 2.75) is 12.8 Å². The van der Waals surface area contributed by atoms with Gasteiger partial charge in [0.05, 0.1) is 17.4 Å². The Morgan fingerprint density at radius 1 is 1.25 bits per heavy atom. The van der Waals surface area contributed by atoms with Crippen LogP contribution in [-0.2, 0) is 9.59 Å². The highest BCUT2D eigenvalue weighted by atomic mass is 16.4. The summed E-state index contributed by atoms with van der Waals surface area (Å²) < 4.78 is 0. The summed E-state index contributed by atoms with van der Waals surface area (Å²) in [7, 11) is 0. The maximum atomic E-state index is 11.6. The number of nitrogens with zero attached hydrogens (tertiary/aromatic N) is 2. The number of hydrogen-bond acceptors (Lipinski definition) is 4. The molecule has 0 atom stereocenters. The Hall–Kier alpha value is -2.17. The third-order valence-corrected chi connectivity index (χ3v) is 2.27. The summed E-state index contributed by atoms with van der Waals surface area (Å²) in [5.74, 6) is -1.54. The van der Waals surface area contributed by atoms with E-state index in [-0.39, 0.29) is 24.5 Å². The summed E-state index contributed by atoms with van der Waals surface area (Å²) in [5.41, 5.74) is 0.467. The zero-order valence-corrected chi connectivity index (χ0v) is 8.42. The third-order valence-electron chi connectivity index (χ3n) is 2.27. The van der Waals surface area contributed by atoms with Crippen LogP contribution in [0.15, 0.2) is 35.4 Å². The van der Waals surface area contributed by atoms with Gasteiger partial charge in [0.2, 0.25) is 5.91 Å². The quantitative estimate of drug-likeness (QED) is 0.695. The van der Waals surface area contributed by atoms with Gasteiger partial charge < -0.3 is 9.90 Å². The van der Waals surface area contributed by atoms with Crippen molar-refractivity contribution in [1.29, 1.82) is 0 Å². The first-order valence-corrected chi connectivity index (χ1v) is 4.85. The van der Waals surface area contributed by atoms with Gasteiger partial charge >= 0.3 is 0 Å². The van der Waals surface area contributed by atoms with Crippen molar-refractivity contribution in [3.05, 3.63) is 30.3 Å². The number of benzene rings is 1. The number of carbonyl (C=O) groups is 2. The summed E-state index contributed by atoms with van der Waals surface area (Å²) in [5, 5.41) is 15.5. The molecule has 2 rings (SSSR count). The fraction of sp³-hybridized carbons (Fsp3) is 0.182. The molecule has 82 valence electrons. The lowest BCUT2D eigenvalue weighted by Crippen LogP contribution is -2.39. The lowest BCUT2D eigenvalue weighted by atomic mass is 10.1. The van der Waals surface area contributed by atoms with Crippen molar-refractivity contribution in [3.8, 4) is 0 Å². The Morgan fingerprint density at radius 2 is 1.94 bits per heavy atom. The van der Waals surface area contributed by atoms with Gasteiger partial charge in [0.15, 0.2) is 0 Å². The molecule has 0 saturated heterocycles. The molecule has 0 spiro atoms. The van der Waals surface area contributed by atoms with E-state index in [1.165, 1.54) is 0 Å². The van der Waals surface area contributed by atoms with E-state index in [2.05, 4.69) is 5.10 Å². The van der Waals surface area contributed by atoms with Crippen molar-refractivity contribution in [3.63, 3.8) is 0 Å². The highest BCUT2D eigenvalue weighted by Gasteiger charge is 2.21. The van der Waals surface area contributed by atoms with Gasteiger partial charge in [-0.3, -0.25) is 4.79 Å². The van der Waals surface area contributed by atoms with Crippen LogP contribution in [0.4, 0.5) is 5.69 Å². The summed E-state index contributed by atoms with van der Waals surface area (Å²) in [6, 6.07) is 8.71. The first-order valence-electron chi connectivity index (χ1n) is 4.85. The second-order valence-electron chi connectivity index (χ2n) is 3.38. The van der Waals surface area contributed by atoms with Gasteiger partial charge in [-0.1, -0.05) is 18.2 Å². The van der Waals surface area contributed by atoms with Crippen LogP contribution < -0.4 is 10.1 Å². The molecule has 0 saturated carbocycles. The predicted molar refractivity (Wildman–Crippen MR) is 55.6 cm³/mol. The molecular weight excluding hydrogens is 208 g/mol. The van der Waals surface area contributed by atoms with Crippen molar-refractivity contribution in [2.75, 3.05) is 5.01 Å². The Kier molecular flexibility index (Phi) is 2.68. The maximum absolute atomic E-state index is 11.6. The average molecular weight is 217 g/mol. The van der Waals surface area contributed by atoms with Crippen LogP contribution >= 0.6 is 0 Å². The van der Waals surface area contributed by atoms with Gasteiger partial charge in [0.1, 0.15) is 0 Å². The summed E-state index contributed by atoms with van der Waals surface area (Å²) in [6.07, 6.45) is 0.270. The Morgan fingerprint density at radius 3 is 2.56 bits per heavy atom. The van der Waals surface area contributed by atoms with Crippen LogP contribution in [0.25, 0.3) is 0 Å². The minimum absolute atomic E-state index is 0.0940. The summed E-state index contributed by atoms with van der Waals surface area (Å²) in [6.45, 7) is 0. The standard InChI is InChI=1S/C11H10N2O3/c14-10-7-6-9(11(15)16)12-13(10)8-4-2-1-3-5-8/h1-5H,6-7H2,(H,15,16)/p-1. The lowest BCUT2D eigenvalue weighted by molar-refractivity contribution is -0.294. The van der Waals surface area contributed by atoms with Crippen LogP contribution in [0.1, 0.15) is 12.8 Å². The van der Waals surface area contributed by atoms with Crippen molar-refractivity contribution in [2.24, 2.45) is 5.10 Å². The van der Waals surface area contributed by atoms with E-state index in [9.17, 15) is 14.7 Å². The number of aliphatic carboxylic acids is 1. The predicted octanol–water partition coefficient (Wildman–Crippen LogP) is -0.0807. The fourth-order valence-electron chi connectivity index (χ4n) is 1.47. The van der Waals surface area contributed by atoms with E-state index in [4.69, 9.17) is 0 Å². The van der Waals surface area contributed by atoms with Gasteiger partial charge in [-0.2, -0.15) is 5.10 Å². The molecule has 1 aliphatic rings. The summed E-state index contributed by atoms with van der Waals surface area (Å²) in [4.78, 5) is 22.2. The molecule has 0 aliphatic carbocycles. The maximum Gasteiger partial charge on any atom is 0.247 e. The van der Waals surface area contributed by atoms with Gasteiger partial charge in [0, 0.05) is 12.8 Å². The second-order valence-corrected chi connectivity index (χ2v) is 3.38. The zero-order chi connectivity index (χ0) is 11.5. The minimum Gasteiger partial charge on any atom is -0.543 e. The largest absolute Gasteiger partial charge is 0.543 e. The van der Waals surface area contributed by atoms with E-state index in [0.29, 0.717) is 5.69 Å². The van der Waals surface area contributed by atoms with Gasteiger partial charge in [-0.05, 0) is 12.1 Å². The highest BCUT2D eigenvalue weighted by molar-refractivity contribution is 6.36. The van der Waals surface area contributed by atoms with E-state index in [1.54, 1.807) is 30.3 Å². The first kappa shape index (κ1) is 10.4. The number of hydrazone groups is 1. The Labute approximate surface area is 92.0 Å². The van der Waals surface area contributed by atoms with Gasteiger partial charge in [0.25, 0.3) is 0 Å². The molecule has 0 unspecified atom stereocenters. The highest BCUT2D eigenvalue weighted by Crippen LogP contribution is 2.19. The molecule has 1 aliphatic heterocycles. The summed E-state index contributed by atoms with van der Waals surface area (Å²) >= 11 is 0. The number of hydrogen-bond donors (Lipinski definition) is 0. The second kappa shape index (κ2) is 4.14. The van der Waals surface area contributed by atoms with Crippen LogP contribution in [-0.4, -0.2) is 17.6 Å². The molecule has 0 aromatic heterocycles. The molecular formula is C11H9N2O3-. The monoisotopic (exact) mass is 217 g/mol. The number of carboxylic acid groups (broad SMARTS) is 1. The first-order chi connectivity index (χ1) is 7.68. The molecule has 0 N–H and O–H groups in total. The SMILES string of the molecule is O=C([O-])C1=NN(c2ccccc2)C(=O)CC1. The average Bonchev–Trinajstić information content (AvgIpc) is 2.30. The Bertz CT molecular complexity index is 454. The normalized spacial score (nSPS) is 15.9. The van der Waals surface area contributed by atoms with Crippen LogP contribution in [0.2, 0.25) is 0 Å². The van der Waals surface area contributed by atoms with Gasteiger partial charge in [-0.15, -0.1) is 0 Å². The third kappa shape index (κ3) is 1.93. The number of anilines is 1. The number of carbonyl (C=O) groups excluding carboxylic acids is 2. The number of amides is 1. The van der Waals surface area contributed by atoms with Crippen molar-refractivity contribution >= 4 is 23.3 Å². The molecule has 16 heavy (non-hydrogen) atoms. The van der Waals surface area contributed by atoms with Crippen LogP contribution in [0.5, 0.6) is 0 Å². The zero-order valence-electron chi connectivity index (χ0n) is 8.42. The molecule has 5 heteroatoms. The molecule has 0 radical (unpaired) electrons.